The van der Waals surface area contributed by atoms with Crippen LogP contribution in [0.3, 0.4) is 0 Å². The van der Waals surface area contributed by atoms with Gasteiger partial charge in [-0.3, -0.25) is 4.79 Å². The number of benzene rings is 1. The average molecular weight is 349 g/mol. The summed E-state index contributed by atoms with van der Waals surface area (Å²) in [6.45, 7) is 8.79. The second-order valence-corrected chi connectivity index (χ2v) is 7.10. The fraction of sp³-hybridized carbons (Fsp3) is 0.632. The monoisotopic (exact) mass is 349 g/mol. The number of nitrogens with one attached hydrogen (secondary N) is 1. The second kappa shape index (κ2) is 8.15. The van der Waals surface area contributed by atoms with E-state index < -0.39 is 0 Å². The molecule has 1 amide bonds. The van der Waals surface area contributed by atoms with Crippen molar-refractivity contribution in [1.29, 1.82) is 0 Å². The number of nitrogens with zero attached hydrogens (tertiary/aromatic N) is 2. The molecule has 0 radical (unpaired) electrons. The second-order valence-electron chi connectivity index (χ2n) is 7.10. The fourth-order valence-corrected chi connectivity index (χ4v) is 3.70. The summed E-state index contributed by atoms with van der Waals surface area (Å²) in [5.41, 5.74) is 1.62. The number of piperidine rings is 1. The summed E-state index contributed by atoms with van der Waals surface area (Å²) in [5, 5.41) is 3.54. The Morgan fingerprint density at radius 3 is 2.72 bits per heavy atom. The van der Waals surface area contributed by atoms with E-state index in [9.17, 15) is 9.18 Å². The van der Waals surface area contributed by atoms with Crippen molar-refractivity contribution in [3.8, 4) is 0 Å². The maximum Gasteiger partial charge on any atom is 0.219 e. The highest BCUT2D eigenvalue weighted by Crippen LogP contribution is 2.22. The van der Waals surface area contributed by atoms with Crippen LogP contribution in [0.25, 0.3) is 0 Å². The van der Waals surface area contributed by atoms with Crippen molar-refractivity contribution in [3.05, 3.63) is 29.6 Å². The van der Waals surface area contributed by atoms with Gasteiger partial charge in [-0.1, -0.05) is 13.0 Å². The first kappa shape index (κ1) is 18.1. The Labute approximate surface area is 149 Å². The molecule has 2 aliphatic rings. The molecule has 3 rings (SSSR count). The normalized spacial score (nSPS) is 24.4. The predicted molar refractivity (Wildman–Crippen MR) is 96.1 cm³/mol. The summed E-state index contributed by atoms with van der Waals surface area (Å²) in [6.07, 6.45) is 0.940. The van der Waals surface area contributed by atoms with E-state index in [0.717, 1.165) is 38.2 Å². The van der Waals surface area contributed by atoms with E-state index in [1.807, 2.05) is 21.9 Å². The molecule has 0 bridgehead atoms. The lowest BCUT2D eigenvalue weighted by Crippen LogP contribution is -2.49. The molecule has 2 fully saturated rings. The first-order valence-corrected chi connectivity index (χ1v) is 9.14. The summed E-state index contributed by atoms with van der Waals surface area (Å²) in [7, 11) is 0. The molecule has 5 nitrogen and oxygen atoms in total. The zero-order valence-corrected chi connectivity index (χ0v) is 15.1. The van der Waals surface area contributed by atoms with Crippen molar-refractivity contribution in [2.75, 3.05) is 44.3 Å². The quantitative estimate of drug-likeness (QED) is 0.903. The molecule has 2 aliphatic heterocycles. The molecule has 0 saturated carbocycles. The molecule has 138 valence electrons. The van der Waals surface area contributed by atoms with E-state index in [-0.39, 0.29) is 11.7 Å². The molecule has 25 heavy (non-hydrogen) atoms. The molecule has 1 N–H and O–H groups in total. The van der Waals surface area contributed by atoms with Gasteiger partial charge in [-0.05, 0) is 30.0 Å². The van der Waals surface area contributed by atoms with Crippen molar-refractivity contribution >= 4 is 11.6 Å². The van der Waals surface area contributed by atoms with E-state index >= 15 is 0 Å². The van der Waals surface area contributed by atoms with Crippen molar-refractivity contribution in [3.63, 3.8) is 0 Å². The van der Waals surface area contributed by atoms with Crippen molar-refractivity contribution < 1.29 is 13.9 Å². The van der Waals surface area contributed by atoms with E-state index in [2.05, 4.69) is 12.2 Å². The van der Waals surface area contributed by atoms with Crippen LogP contribution in [0, 0.1) is 11.7 Å². The van der Waals surface area contributed by atoms with E-state index in [1.165, 1.54) is 0 Å². The van der Waals surface area contributed by atoms with E-state index in [1.54, 1.807) is 13.0 Å². The van der Waals surface area contributed by atoms with Crippen LogP contribution in [0.2, 0.25) is 0 Å². The standard InChI is InChI=1S/C19H28FN3O2/c1-14-13-23(15(2)24)6-5-18(14)21-12-16-3-4-19(17(20)11-16)22-7-9-25-10-8-22/h3-4,11,14,18,21H,5-10,12-13H2,1-2H3/t14-,18+/m0/s1. The number of anilines is 1. The molecule has 1 aromatic carbocycles. The molecule has 0 spiro atoms. The van der Waals surface area contributed by atoms with Gasteiger partial charge in [-0.25, -0.2) is 4.39 Å². The zero-order valence-electron chi connectivity index (χ0n) is 15.1. The first-order valence-electron chi connectivity index (χ1n) is 9.14. The molecule has 2 saturated heterocycles. The molecule has 2 atom stereocenters. The van der Waals surface area contributed by atoms with Gasteiger partial charge in [-0.15, -0.1) is 0 Å². The zero-order chi connectivity index (χ0) is 17.8. The molecule has 2 heterocycles. The number of hydrogen-bond donors (Lipinski definition) is 1. The number of carbonyl (C=O) groups is 1. The third-order valence-electron chi connectivity index (χ3n) is 5.28. The Kier molecular flexibility index (Phi) is 5.91. The van der Waals surface area contributed by atoms with Crippen LogP contribution >= 0.6 is 0 Å². The van der Waals surface area contributed by atoms with Crippen molar-refractivity contribution in [2.24, 2.45) is 5.92 Å². The van der Waals surface area contributed by atoms with Crippen LogP contribution in [0.4, 0.5) is 10.1 Å². The van der Waals surface area contributed by atoms with E-state index in [0.29, 0.717) is 37.4 Å². The lowest BCUT2D eigenvalue weighted by molar-refractivity contribution is -0.130. The number of hydrogen-bond acceptors (Lipinski definition) is 4. The minimum atomic E-state index is -0.166. The minimum absolute atomic E-state index is 0.145. The molecule has 1 aromatic rings. The molecule has 0 aromatic heterocycles. The lowest BCUT2D eigenvalue weighted by Gasteiger charge is -2.37. The van der Waals surface area contributed by atoms with Gasteiger partial charge in [0.2, 0.25) is 5.91 Å². The maximum atomic E-state index is 14.5. The smallest absolute Gasteiger partial charge is 0.219 e. The maximum absolute atomic E-state index is 14.5. The van der Waals surface area contributed by atoms with Gasteiger partial charge in [0.25, 0.3) is 0 Å². The minimum Gasteiger partial charge on any atom is -0.378 e. The third-order valence-corrected chi connectivity index (χ3v) is 5.28. The van der Waals surface area contributed by atoms with Crippen LogP contribution in [-0.2, 0) is 16.1 Å². The Hall–Kier alpha value is -1.66. The molecule has 6 heteroatoms. The van der Waals surface area contributed by atoms with Crippen LogP contribution < -0.4 is 10.2 Å². The Morgan fingerprint density at radius 1 is 1.32 bits per heavy atom. The topological polar surface area (TPSA) is 44.8 Å². The molecular weight excluding hydrogens is 321 g/mol. The number of amides is 1. The first-order chi connectivity index (χ1) is 12.0. The number of rotatable bonds is 4. The van der Waals surface area contributed by atoms with Crippen LogP contribution in [-0.4, -0.2) is 56.2 Å². The number of halogens is 1. The SMILES string of the molecule is CC(=O)N1CC[C@@H](NCc2ccc(N3CCOCC3)c(F)c2)[C@@H](C)C1. The summed E-state index contributed by atoms with van der Waals surface area (Å²) in [4.78, 5) is 15.4. The van der Waals surface area contributed by atoms with E-state index in [4.69, 9.17) is 4.74 Å². The highest BCUT2D eigenvalue weighted by Gasteiger charge is 2.26. The van der Waals surface area contributed by atoms with Gasteiger partial charge < -0.3 is 19.9 Å². The third kappa shape index (κ3) is 4.50. The summed E-state index contributed by atoms with van der Waals surface area (Å²) < 4.78 is 19.8. The van der Waals surface area contributed by atoms with Crippen LogP contribution in [0.15, 0.2) is 18.2 Å². The fourth-order valence-electron chi connectivity index (χ4n) is 3.70. The average Bonchev–Trinajstić information content (AvgIpc) is 2.61. The van der Waals surface area contributed by atoms with Gasteiger partial charge in [0.15, 0.2) is 0 Å². The Balaban J connectivity index is 1.55. The van der Waals surface area contributed by atoms with Crippen LogP contribution in [0.1, 0.15) is 25.8 Å². The van der Waals surface area contributed by atoms with Gasteiger partial charge in [0.1, 0.15) is 5.82 Å². The largest absolute Gasteiger partial charge is 0.378 e. The van der Waals surface area contributed by atoms with Gasteiger partial charge in [-0.2, -0.15) is 0 Å². The number of morpholine rings is 1. The number of likely N-dealkylation sites (tertiary alicyclic amines) is 1. The predicted octanol–water partition coefficient (Wildman–Crippen LogP) is 2.01. The molecule has 0 aliphatic carbocycles. The van der Waals surface area contributed by atoms with Crippen LogP contribution in [0.5, 0.6) is 0 Å². The van der Waals surface area contributed by atoms with Crippen molar-refractivity contribution in [1.82, 2.24) is 10.2 Å². The summed E-state index contributed by atoms with van der Waals surface area (Å²) >= 11 is 0. The molecular formula is C19H28FN3O2. The van der Waals surface area contributed by atoms with Gasteiger partial charge in [0, 0.05) is 45.7 Å². The van der Waals surface area contributed by atoms with Gasteiger partial charge in [0.05, 0.1) is 18.9 Å². The number of carbonyl (C=O) groups excluding carboxylic acids is 1. The Morgan fingerprint density at radius 2 is 2.08 bits per heavy atom. The van der Waals surface area contributed by atoms with Gasteiger partial charge >= 0.3 is 0 Å². The Bertz CT molecular complexity index is 604. The van der Waals surface area contributed by atoms with Crippen molar-refractivity contribution in [2.45, 2.75) is 32.9 Å². The molecule has 0 unspecified atom stereocenters. The summed E-state index contributed by atoms with van der Waals surface area (Å²) in [5.74, 6) is 0.377. The highest BCUT2D eigenvalue weighted by atomic mass is 19.1. The highest BCUT2D eigenvalue weighted by molar-refractivity contribution is 5.73. The lowest BCUT2D eigenvalue weighted by atomic mass is 9.93. The summed E-state index contributed by atoms with van der Waals surface area (Å²) in [6, 6.07) is 5.86. The number of ether oxygens (including phenoxy) is 1.